The van der Waals surface area contributed by atoms with Gasteiger partial charge in [-0.05, 0) is 214 Å². The summed E-state index contributed by atoms with van der Waals surface area (Å²) in [6.07, 6.45) is 0. The summed E-state index contributed by atoms with van der Waals surface area (Å²) in [4.78, 5) is 2.38. The predicted molar refractivity (Wildman–Crippen MR) is 491 cm³/mol. The van der Waals surface area contributed by atoms with E-state index in [0.29, 0.717) is 0 Å². The zero-order valence-electron chi connectivity index (χ0n) is 62.8. The molecule has 4 aromatic heterocycles. The van der Waals surface area contributed by atoms with Crippen LogP contribution >= 0.6 is 15.9 Å². The predicted octanol–water partition coefficient (Wildman–Crippen LogP) is 30.1. The van der Waals surface area contributed by atoms with E-state index < -0.39 is 0 Å². The van der Waals surface area contributed by atoms with Gasteiger partial charge in [-0.2, -0.15) is 0 Å². The first kappa shape index (κ1) is 69.4. The lowest BCUT2D eigenvalue weighted by Crippen LogP contribution is -2.10. The largest absolute Gasteiger partial charge is 0.356 e. The highest BCUT2D eigenvalue weighted by Gasteiger charge is 2.21. The molecule has 18 aromatic carbocycles. The summed E-state index contributed by atoms with van der Waals surface area (Å²) in [5, 5.41) is 13.6. The first-order chi connectivity index (χ1) is 57.0. The van der Waals surface area contributed by atoms with Crippen molar-refractivity contribution in [2.24, 2.45) is 0 Å². The van der Waals surface area contributed by atoms with Crippen LogP contribution < -0.4 is 10.2 Å². The van der Waals surface area contributed by atoms with Crippen molar-refractivity contribution in [3.63, 3.8) is 0 Å². The molecule has 0 aliphatic carbocycles. The molecule has 1 N–H and O–H groups in total. The maximum atomic E-state index is 3.58. The Morgan fingerprint density at radius 2 is 0.435 bits per heavy atom. The molecule has 22 rings (SSSR count). The molecular formula is C108H75BrN6. The number of anilines is 5. The topological polar surface area (TPSA) is 35.0 Å². The van der Waals surface area contributed by atoms with Gasteiger partial charge in [-0.1, -0.05) is 295 Å². The standard InChI is InChI=1S/C54H37N3.C30H22N2.C24H16BrN/c1-4-14-38(15-5-1)39-24-29-44(30-25-39)55(46-33-35-53-50(37-46)48-21-11-13-23-52(48)56(53)42-16-6-2-7-17-42)45-31-26-40(27-32-45)41-28-34-49-47-20-10-12-22-51(47)57(54(49)36-41)43-18-8-3-9-19-43;1-3-9-22(10-4-1)23-15-17-24(18-16-23)31-25-19-20-30-28(21-25)27-13-7-8-14-29(27)32(30)26-11-5-2-6-12-26;25-19-13-10-17(11-14-19)18-12-15-22-21-8-4-5-9-23(21)26(24(22)16-18)20-6-2-1-3-7-20/h1-37H;1-21,31H;1-16H. The number of benzene rings is 18. The van der Waals surface area contributed by atoms with E-state index in [1.54, 1.807) is 0 Å². The average molecular weight is 1540 g/mol. The molecule has 544 valence electrons. The van der Waals surface area contributed by atoms with Crippen LogP contribution in [-0.2, 0) is 0 Å². The van der Waals surface area contributed by atoms with Crippen molar-refractivity contribution in [1.82, 2.24) is 18.3 Å². The van der Waals surface area contributed by atoms with Crippen LogP contribution in [-0.4, -0.2) is 18.3 Å². The molecule has 22 aromatic rings. The number of para-hydroxylation sites is 8. The Morgan fingerprint density at radius 1 is 0.174 bits per heavy atom. The Labute approximate surface area is 675 Å². The van der Waals surface area contributed by atoms with Crippen LogP contribution in [0.2, 0.25) is 0 Å². The van der Waals surface area contributed by atoms with Gasteiger partial charge in [-0.25, -0.2) is 0 Å². The molecule has 0 radical (unpaired) electrons. The quantitative estimate of drug-likeness (QED) is 0.125. The number of nitrogens with zero attached hydrogens (tertiary/aromatic N) is 5. The summed E-state index contributed by atoms with van der Waals surface area (Å²) in [5.41, 5.74) is 29.5. The van der Waals surface area contributed by atoms with Gasteiger partial charge in [0.2, 0.25) is 0 Å². The van der Waals surface area contributed by atoms with Crippen LogP contribution in [0.3, 0.4) is 0 Å². The lowest BCUT2D eigenvalue weighted by atomic mass is 10.0. The zero-order chi connectivity index (χ0) is 76.5. The average Bonchev–Trinajstić information content (AvgIpc) is 1.59. The molecule has 6 nitrogen and oxygen atoms in total. The molecule has 0 spiro atoms. The van der Waals surface area contributed by atoms with Gasteiger partial charge in [-0.3, -0.25) is 0 Å². The van der Waals surface area contributed by atoms with E-state index in [4.69, 9.17) is 0 Å². The molecule has 0 unspecified atom stereocenters. The Bertz CT molecular complexity index is 7240. The van der Waals surface area contributed by atoms with Crippen LogP contribution in [0.1, 0.15) is 0 Å². The summed E-state index contributed by atoms with van der Waals surface area (Å²) in [5.74, 6) is 0. The minimum atomic E-state index is 1.08. The van der Waals surface area contributed by atoms with Crippen molar-refractivity contribution in [2.45, 2.75) is 0 Å². The van der Waals surface area contributed by atoms with Gasteiger partial charge in [0, 0.05) is 98.7 Å². The Kier molecular flexibility index (Phi) is 18.4. The molecule has 0 saturated carbocycles. The molecule has 0 amide bonds. The first-order valence-electron chi connectivity index (χ1n) is 39.1. The van der Waals surface area contributed by atoms with Crippen molar-refractivity contribution >= 4 is 132 Å². The fraction of sp³-hybridized carbons (Fsp3) is 0. The Hall–Kier alpha value is -14.8. The van der Waals surface area contributed by atoms with Crippen molar-refractivity contribution in [3.8, 4) is 67.3 Å². The summed E-state index contributed by atoms with van der Waals surface area (Å²) >= 11 is 3.52. The maximum Gasteiger partial charge on any atom is 0.0547 e. The SMILES string of the molecule is Brc1ccc(-c2ccc3c4ccccc4n(-c4ccccc4)c3c2)cc1.c1ccc(-c2ccc(N(c3ccc(-c4ccc5c6ccccc6n(-c6ccccc6)c5c4)cc3)c3ccc4c(c3)c3ccccc3n4-c3ccccc3)cc2)cc1.c1ccc(-c2ccc(Nc3ccc4c(c3)c3ccccc3n4-c3ccccc3)cc2)cc1. The third-order valence-electron chi connectivity index (χ3n) is 22.1. The molecule has 0 aliphatic rings. The van der Waals surface area contributed by atoms with E-state index in [1.807, 2.05) is 6.07 Å². The Morgan fingerprint density at radius 3 is 0.835 bits per heavy atom. The van der Waals surface area contributed by atoms with Crippen LogP contribution in [0.5, 0.6) is 0 Å². The highest BCUT2D eigenvalue weighted by molar-refractivity contribution is 9.10. The molecule has 0 atom stereocenters. The molecule has 7 heteroatoms. The highest BCUT2D eigenvalue weighted by Crippen LogP contribution is 2.44. The second kappa shape index (κ2) is 30.5. The minimum absolute atomic E-state index is 1.08. The summed E-state index contributed by atoms with van der Waals surface area (Å²) in [7, 11) is 0. The number of nitrogens with one attached hydrogen (secondary N) is 1. The van der Waals surface area contributed by atoms with Crippen LogP contribution in [0.15, 0.2) is 453 Å². The van der Waals surface area contributed by atoms with Crippen LogP contribution in [0.25, 0.3) is 154 Å². The molecule has 115 heavy (non-hydrogen) atoms. The van der Waals surface area contributed by atoms with Crippen molar-refractivity contribution in [1.29, 1.82) is 0 Å². The Balaban J connectivity index is 0.000000124. The molecule has 0 saturated heterocycles. The summed E-state index contributed by atoms with van der Waals surface area (Å²) < 4.78 is 10.5. The van der Waals surface area contributed by atoms with Crippen molar-refractivity contribution < 1.29 is 0 Å². The first-order valence-corrected chi connectivity index (χ1v) is 39.8. The van der Waals surface area contributed by atoms with Gasteiger partial charge >= 0.3 is 0 Å². The van der Waals surface area contributed by atoms with E-state index in [-0.39, 0.29) is 0 Å². The fourth-order valence-electron chi connectivity index (χ4n) is 16.7. The summed E-state index contributed by atoms with van der Waals surface area (Å²) in [6, 6.07) is 160. The number of fused-ring (bicyclic) bond motifs is 12. The monoisotopic (exact) mass is 1530 g/mol. The number of rotatable bonds is 13. The van der Waals surface area contributed by atoms with Gasteiger partial charge in [-0.15, -0.1) is 0 Å². The fourth-order valence-corrected chi connectivity index (χ4v) is 17.0. The number of hydrogen-bond acceptors (Lipinski definition) is 2. The van der Waals surface area contributed by atoms with Gasteiger partial charge < -0.3 is 28.5 Å². The zero-order valence-corrected chi connectivity index (χ0v) is 64.4. The van der Waals surface area contributed by atoms with E-state index in [2.05, 4.69) is 487 Å². The number of hydrogen-bond donors (Lipinski definition) is 1. The lowest BCUT2D eigenvalue weighted by molar-refractivity contribution is 1.18. The molecule has 4 heterocycles. The third kappa shape index (κ3) is 13.3. The van der Waals surface area contributed by atoms with E-state index in [9.17, 15) is 0 Å². The van der Waals surface area contributed by atoms with Gasteiger partial charge in [0.1, 0.15) is 0 Å². The van der Waals surface area contributed by atoms with Gasteiger partial charge in [0.15, 0.2) is 0 Å². The summed E-state index contributed by atoms with van der Waals surface area (Å²) in [6.45, 7) is 0. The van der Waals surface area contributed by atoms with Gasteiger partial charge in [0.25, 0.3) is 0 Å². The smallest absolute Gasteiger partial charge is 0.0547 e. The van der Waals surface area contributed by atoms with Gasteiger partial charge in [0.05, 0.1) is 44.1 Å². The second-order valence-electron chi connectivity index (χ2n) is 29.0. The van der Waals surface area contributed by atoms with E-state index in [1.165, 1.54) is 143 Å². The molecule has 0 fully saturated rings. The highest BCUT2D eigenvalue weighted by atomic mass is 79.9. The van der Waals surface area contributed by atoms with Crippen molar-refractivity contribution in [2.75, 3.05) is 10.2 Å². The number of halogens is 1. The minimum Gasteiger partial charge on any atom is -0.356 e. The van der Waals surface area contributed by atoms with Crippen LogP contribution in [0.4, 0.5) is 28.4 Å². The van der Waals surface area contributed by atoms with Crippen LogP contribution in [0, 0.1) is 0 Å². The molecule has 0 bridgehead atoms. The third-order valence-corrected chi connectivity index (χ3v) is 22.7. The normalized spacial score (nSPS) is 11.3. The molecule has 0 aliphatic heterocycles. The maximum absolute atomic E-state index is 3.58. The van der Waals surface area contributed by atoms with E-state index >= 15 is 0 Å². The lowest BCUT2D eigenvalue weighted by Gasteiger charge is -2.26. The van der Waals surface area contributed by atoms with E-state index in [0.717, 1.165) is 44.3 Å². The number of aromatic nitrogens is 4. The molecular weight excluding hydrogens is 1460 g/mol. The second-order valence-corrected chi connectivity index (χ2v) is 29.9. The van der Waals surface area contributed by atoms with Crippen molar-refractivity contribution in [3.05, 3.63) is 453 Å².